The van der Waals surface area contributed by atoms with Gasteiger partial charge in [-0.25, -0.2) is 4.39 Å². The highest BCUT2D eigenvalue weighted by Gasteiger charge is 2.33. The Labute approximate surface area is 178 Å². The van der Waals surface area contributed by atoms with E-state index in [0.717, 1.165) is 24.3 Å². The Kier molecular flexibility index (Phi) is 6.54. The average Bonchev–Trinajstić information content (AvgIpc) is 2.72. The van der Waals surface area contributed by atoms with Gasteiger partial charge in [-0.05, 0) is 36.4 Å². The minimum atomic E-state index is -4.62. The molecule has 3 N–H and O–H groups in total. The van der Waals surface area contributed by atoms with E-state index in [9.17, 15) is 27.5 Å². The minimum absolute atomic E-state index is 0.0413. The summed E-state index contributed by atoms with van der Waals surface area (Å²) in [6.07, 6.45) is -3.48. The number of carbonyl (C=O) groups is 1. The molecular formula is C20H14ClF4N3O3. The monoisotopic (exact) mass is 455 g/mol. The van der Waals surface area contributed by atoms with Crippen LogP contribution in [-0.2, 0) is 6.18 Å². The number of benzene rings is 1. The summed E-state index contributed by atoms with van der Waals surface area (Å²) in [7, 11) is 0. The first-order valence-electron chi connectivity index (χ1n) is 8.69. The molecule has 6 nitrogen and oxygen atoms in total. The largest absolute Gasteiger partial charge is 0.417 e. The van der Waals surface area contributed by atoms with Gasteiger partial charge in [0, 0.05) is 29.2 Å². The molecule has 3 aromatic rings. The molecule has 0 fully saturated rings. The van der Waals surface area contributed by atoms with Crippen LogP contribution in [0.1, 0.15) is 27.7 Å². The summed E-state index contributed by atoms with van der Waals surface area (Å²) in [5.74, 6) is -1.47. The fraction of sp³-hybridized carbons (Fsp3) is 0.150. The van der Waals surface area contributed by atoms with E-state index in [-0.39, 0.29) is 28.2 Å². The van der Waals surface area contributed by atoms with Gasteiger partial charge < -0.3 is 15.5 Å². The number of pyridine rings is 2. The number of hydrogen-bond donors (Lipinski definition) is 3. The lowest BCUT2D eigenvalue weighted by Crippen LogP contribution is -2.14. The predicted octanol–water partition coefficient (Wildman–Crippen LogP) is 4.23. The van der Waals surface area contributed by atoms with E-state index in [1.54, 1.807) is 0 Å². The molecule has 3 rings (SSSR count). The molecule has 2 heterocycles. The zero-order valence-corrected chi connectivity index (χ0v) is 16.2. The molecule has 1 amide bonds. The molecule has 11 heteroatoms. The van der Waals surface area contributed by atoms with Crippen molar-refractivity contribution in [2.45, 2.75) is 12.3 Å². The number of aliphatic hydroxyl groups is 2. The molecule has 2 aromatic heterocycles. The van der Waals surface area contributed by atoms with Crippen molar-refractivity contribution in [1.82, 2.24) is 9.97 Å². The SMILES string of the molecule is O=C(Nc1ccc(C(F)(F)F)c(Cl)c1)c1ccc(-c2ncc([C@@H](O)CO)cc2F)cn1. The Morgan fingerprint density at radius 1 is 1.13 bits per heavy atom. The third-order valence-corrected chi connectivity index (χ3v) is 4.53. The van der Waals surface area contributed by atoms with E-state index in [4.69, 9.17) is 16.7 Å². The maximum absolute atomic E-state index is 14.3. The van der Waals surface area contributed by atoms with E-state index < -0.39 is 41.2 Å². The Hall–Kier alpha value is -3.08. The summed E-state index contributed by atoms with van der Waals surface area (Å²) in [5, 5.41) is 20.3. The summed E-state index contributed by atoms with van der Waals surface area (Å²) in [5.41, 5.74) is -0.795. The Morgan fingerprint density at radius 2 is 1.87 bits per heavy atom. The van der Waals surface area contributed by atoms with Crippen LogP contribution in [0.2, 0.25) is 5.02 Å². The topological polar surface area (TPSA) is 95.3 Å². The third-order valence-electron chi connectivity index (χ3n) is 4.22. The zero-order chi connectivity index (χ0) is 22.8. The first-order chi connectivity index (χ1) is 14.6. The number of halogens is 5. The van der Waals surface area contributed by atoms with Crippen LogP contribution in [0.5, 0.6) is 0 Å². The van der Waals surface area contributed by atoms with Crippen LogP contribution in [0.25, 0.3) is 11.3 Å². The molecule has 0 aliphatic carbocycles. The van der Waals surface area contributed by atoms with E-state index in [1.165, 1.54) is 24.5 Å². The number of anilines is 1. The third kappa shape index (κ3) is 5.16. The fourth-order valence-electron chi connectivity index (χ4n) is 2.64. The first kappa shape index (κ1) is 22.6. The van der Waals surface area contributed by atoms with Gasteiger partial charge in [0.05, 0.1) is 17.2 Å². The smallest absolute Gasteiger partial charge is 0.393 e. The van der Waals surface area contributed by atoms with Crippen molar-refractivity contribution < 1.29 is 32.6 Å². The molecule has 162 valence electrons. The van der Waals surface area contributed by atoms with E-state index in [1.807, 2.05) is 0 Å². The summed E-state index contributed by atoms with van der Waals surface area (Å²) in [6, 6.07) is 6.47. The molecule has 0 radical (unpaired) electrons. The highest BCUT2D eigenvalue weighted by molar-refractivity contribution is 6.31. The van der Waals surface area contributed by atoms with Crippen molar-refractivity contribution in [3.63, 3.8) is 0 Å². The summed E-state index contributed by atoms with van der Waals surface area (Å²) < 4.78 is 52.5. The summed E-state index contributed by atoms with van der Waals surface area (Å²) >= 11 is 5.63. The Balaban J connectivity index is 1.76. The fourth-order valence-corrected chi connectivity index (χ4v) is 2.93. The normalized spacial score (nSPS) is 12.5. The molecule has 0 aliphatic rings. The van der Waals surface area contributed by atoms with Crippen molar-refractivity contribution >= 4 is 23.2 Å². The molecule has 0 saturated heterocycles. The van der Waals surface area contributed by atoms with E-state index >= 15 is 0 Å². The lowest BCUT2D eigenvalue weighted by atomic mass is 10.1. The van der Waals surface area contributed by atoms with Crippen LogP contribution < -0.4 is 5.32 Å². The van der Waals surface area contributed by atoms with Crippen LogP contribution in [0.15, 0.2) is 48.8 Å². The van der Waals surface area contributed by atoms with Gasteiger partial charge in [0.1, 0.15) is 23.3 Å². The van der Waals surface area contributed by atoms with E-state index in [2.05, 4.69) is 15.3 Å². The zero-order valence-electron chi connectivity index (χ0n) is 15.5. The van der Waals surface area contributed by atoms with Crippen molar-refractivity contribution in [2.75, 3.05) is 11.9 Å². The summed E-state index contributed by atoms with van der Waals surface area (Å²) in [6.45, 7) is -0.587. The van der Waals surface area contributed by atoms with E-state index in [0.29, 0.717) is 0 Å². The standard InChI is InChI=1S/C20H14ClF4N3O3/c21-14-6-12(2-3-13(14)20(23,24)25)28-19(31)16-4-1-10(7-26-16)18-15(22)5-11(8-27-18)17(30)9-29/h1-8,17,29-30H,9H2,(H,28,31)/t17-/m0/s1. The number of amides is 1. The maximum atomic E-state index is 14.3. The van der Waals surface area contributed by atoms with Gasteiger partial charge in [-0.2, -0.15) is 13.2 Å². The molecule has 31 heavy (non-hydrogen) atoms. The number of carbonyl (C=O) groups excluding carboxylic acids is 1. The van der Waals surface area contributed by atoms with Gasteiger partial charge in [-0.15, -0.1) is 0 Å². The molecule has 0 aliphatic heterocycles. The van der Waals surface area contributed by atoms with Crippen LogP contribution in [0.3, 0.4) is 0 Å². The first-order valence-corrected chi connectivity index (χ1v) is 9.07. The van der Waals surface area contributed by atoms with Gasteiger partial charge in [0.15, 0.2) is 0 Å². The quantitative estimate of drug-likeness (QED) is 0.500. The van der Waals surface area contributed by atoms with Crippen molar-refractivity contribution in [3.8, 4) is 11.3 Å². The molecular weight excluding hydrogens is 442 g/mol. The summed E-state index contributed by atoms with van der Waals surface area (Å²) in [4.78, 5) is 20.1. The number of nitrogens with zero attached hydrogens (tertiary/aromatic N) is 2. The number of hydrogen-bond acceptors (Lipinski definition) is 5. The number of aromatic nitrogens is 2. The van der Waals surface area contributed by atoms with Crippen molar-refractivity contribution in [1.29, 1.82) is 0 Å². The molecule has 0 bridgehead atoms. The molecule has 0 spiro atoms. The van der Waals surface area contributed by atoms with Gasteiger partial charge >= 0.3 is 6.18 Å². The van der Waals surface area contributed by atoms with Crippen LogP contribution >= 0.6 is 11.6 Å². The Morgan fingerprint density at radius 3 is 2.42 bits per heavy atom. The van der Waals surface area contributed by atoms with Gasteiger partial charge in [0.25, 0.3) is 5.91 Å². The highest BCUT2D eigenvalue weighted by atomic mass is 35.5. The number of alkyl halides is 3. The molecule has 0 saturated carbocycles. The van der Waals surface area contributed by atoms with Crippen LogP contribution in [0, 0.1) is 5.82 Å². The second-order valence-electron chi connectivity index (χ2n) is 6.38. The number of aliphatic hydroxyl groups excluding tert-OH is 2. The highest BCUT2D eigenvalue weighted by Crippen LogP contribution is 2.36. The van der Waals surface area contributed by atoms with Gasteiger partial charge in [-0.3, -0.25) is 14.8 Å². The predicted molar refractivity (Wildman–Crippen MR) is 104 cm³/mol. The lowest BCUT2D eigenvalue weighted by molar-refractivity contribution is -0.137. The number of rotatable bonds is 5. The van der Waals surface area contributed by atoms with Crippen molar-refractivity contribution in [3.05, 3.63) is 76.5 Å². The average molecular weight is 456 g/mol. The minimum Gasteiger partial charge on any atom is -0.393 e. The van der Waals surface area contributed by atoms with Crippen LogP contribution in [-0.4, -0.2) is 32.7 Å². The van der Waals surface area contributed by atoms with Crippen molar-refractivity contribution in [2.24, 2.45) is 0 Å². The molecule has 0 unspecified atom stereocenters. The second kappa shape index (κ2) is 8.96. The van der Waals surface area contributed by atoms with Crippen LogP contribution in [0.4, 0.5) is 23.2 Å². The van der Waals surface area contributed by atoms with Gasteiger partial charge in [-0.1, -0.05) is 11.6 Å². The maximum Gasteiger partial charge on any atom is 0.417 e. The number of nitrogens with one attached hydrogen (secondary N) is 1. The lowest BCUT2D eigenvalue weighted by Gasteiger charge is -2.11. The van der Waals surface area contributed by atoms with Gasteiger partial charge in [0.2, 0.25) is 0 Å². The Bertz CT molecular complexity index is 1110. The molecule has 1 aromatic carbocycles. The second-order valence-corrected chi connectivity index (χ2v) is 6.78. The molecule has 1 atom stereocenters.